The molecule has 8 nitrogen and oxygen atoms in total. The molecule has 0 bridgehead atoms. The standard InChI is InChI=1S/C61H36N8/c1-2-12-36-13-5-23-43(42(36)22-3-1)51-35-52(47-24-6-15-38-19-9-31-62-55(38)47)66-58(65-51)46-30-29-45-50(34-41-18-4-14-37-27-28-44(46)54(45)53(37)41)61-68-59(48-25-7-16-39-20-10-32-63-56(39)48)67-60(69-61)49-26-8-17-40-21-11-33-64-57(40)49/h1-2,4-35H,3H2. The summed E-state index contributed by atoms with van der Waals surface area (Å²) >= 11 is 0. The van der Waals surface area contributed by atoms with E-state index in [9.17, 15) is 0 Å². The lowest BCUT2D eigenvalue weighted by molar-refractivity contribution is 1.08. The number of fused-ring (bicyclic) bond motifs is 4. The van der Waals surface area contributed by atoms with Crippen molar-refractivity contribution in [2.75, 3.05) is 0 Å². The number of pyridine rings is 3. The van der Waals surface area contributed by atoms with E-state index >= 15 is 0 Å². The van der Waals surface area contributed by atoms with Crippen LogP contribution in [0.1, 0.15) is 6.42 Å². The number of rotatable bonds is 6. The molecule has 5 aromatic heterocycles. The van der Waals surface area contributed by atoms with Gasteiger partial charge in [0.2, 0.25) is 0 Å². The molecule has 5 heterocycles. The Hall–Kier alpha value is -9.40. The van der Waals surface area contributed by atoms with Crippen molar-refractivity contribution in [1.29, 1.82) is 0 Å². The Balaban J connectivity index is 1.04. The van der Waals surface area contributed by atoms with E-state index in [1.165, 1.54) is 0 Å². The first-order valence-corrected chi connectivity index (χ1v) is 23.1. The second-order valence-corrected chi connectivity index (χ2v) is 17.4. The minimum Gasteiger partial charge on any atom is -0.256 e. The van der Waals surface area contributed by atoms with Crippen molar-refractivity contribution in [3.8, 4) is 68.1 Å². The van der Waals surface area contributed by atoms with Crippen LogP contribution >= 0.6 is 0 Å². The van der Waals surface area contributed by atoms with Crippen molar-refractivity contribution in [3.63, 3.8) is 0 Å². The molecule has 0 spiro atoms. The van der Waals surface area contributed by atoms with Crippen LogP contribution in [0.3, 0.4) is 0 Å². The smallest absolute Gasteiger partial charge is 0.166 e. The van der Waals surface area contributed by atoms with Crippen molar-refractivity contribution in [3.05, 3.63) is 205 Å². The quantitative estimate of drug-likeness (QED) is 0.152. The summed E-state index contributed by atoms with van der Waals surface area (Å²) < 4.78 is 0. The minimum atomic E-state index is 0.531. The number of nitrogens with zero attached hydrogens (tertiary/aromatic N) is 8. The van der Waals surface area contributed by atoms with E-state index in [0.29, 0.717) is 23.3 Å². The van der Waals surface area contributed by atoms with Crippen molar-refractivity contribution in [1.82, 2.24) is 39.9 Å². The van der Waals surface area contributed by atoms with Crippen LogP contribution in [0.2, 0.25) is 0 Å². The molecule has 8 aromatic carbocycles. The van der Waals surface area contributed by atoms with Gasteiger partial charge in [0, 0.05) is 68.1 Å². The van der Waals surface area contributed by atoms with Crippen LogP contribution in [0, 0.1) is 0 Å². The zero-order chi connectivity index (χ0) is 45.4. The minimum absolute atomic E-state index is 0.531. The highest BCUT2D eigenvalue weighted by atomic mass is 15.0. The fourth-order valence-corrected chi connectivity index (χ4v) is 10.3. The molecule has 0 atom stereocenters. The molecular formula is C61H36N8. The molecular weight excluding hydrogens is 845 g/mol. The Morgan fingerprint density at radius 3 is 1.55 bits per heavy atom. The van der Waals surface area contributed by atoms with Crippen LogP contribution in [0.25, 0.3) is 145 Å². The average Bonchev–Trinajstić information content (AvgIpc) is 3.67. The van der Waals surface area contributed by atoms with Gasteiger partial charge >= 0.3 is 0 Å². The van der Waals surface area contributed by atoms with Crippen LogP contribution in [0.5, 0.6) is 0 Å². The second kappa shape index (κ2) is 15.6. The van der Waals surface area contributed by atoms with Crippen molar-refractivity contribution >= 4 is 77.2 Å². The van der Waals surface area contributed by atoms with Crippen molar-refractivity contribution in [2.45, 2.75) is 6.42 Å². The number of hydrogen-bond donors (Lipinski definition) is 0. The maximum atomic E-state index is 5.49. The zero-order valence-electron chi connectivity index (χ0n) is 36.9. The molecule has 0 fully saturated rings. The van der Waals surface area contributed by atoms with Gasteiger partial charge in [0.15, 0.2) is 23.3 Å². The lowest BCUT2D eigenvalue weighted by atomic mass is 9.88. The van der Waals surface area contributed by atoms with Gasteiger partial charge in [-0.2, -0.15) is 0 Å². The lowest BCUT2D eigenvalue weighted by Gasteiger charge is -2.18. The molecule has 1 aliphatic rings. The van der Waals surface area contributed by atoms with E-state index in [2.05, 4.69) is 146 Å². The van der Waals surface area contributed by atoms with Gasteiger partial charge in [0.1, 0.15) is 0 Å². The van der Waals surface area contributed by atoms with E-state index < -0.39 is 0 Å². The molecule has 0 aliphatic heterocycles. The van der Waals surface area contributed by atoms with Crippen molar-refractivity contribution < 1.29 is 0 Å². The Morgan fingerprint density at radius 2 is 0.855 bits per heavy atom. The summed E-state index contributed by atoms with van der Waals surface area (Å²) in [5.41, 5.74) is 9.61. The Labute approximate surface area is 394 Å². The number of aromatic nitrogens is 8. The zero-order valence-corrected chi connectivity index (χ0v) is 36.9. The third-order valence-corrected chi connectivity index (χ3v) is 13.4. The SMILES string of the molecule is C1=CCC=c2c(-c3cc(-c4cccc5cccnc45)nc(-c4ccc5c(-c6nc(-c7cccc8cccnc78)nc(-c7cccc8cccnc78)n6)cc6cccc7ccc4c5c76)n3)cccc2=C1. The number of benzene rings is 8. The third-order valence-electron chi connectivity index (χ3n) is 13.4. The summed E-state index contributed by atoms with van der Waals surface area (Å²) in [6, 6.07) is 56.7. The number of hydrogen-bond acceptors (Lipinski definition) is 8. The van der Waals surface area contributed by atoms with Gasteiger partial charge in [-0.25, -0.2) is 24.9 Å². The predicted octanol–water partition coefficient (Wildman–Crippen LogP) is 12.7. The molecule has 0 radical (unpaired) electrons. The number of para-hydroxylation sites is 3. The van der Waals surface area contributed by atoms with Crippen LogP contribution in [-0.4, -0.2) is 39.9 Å². The molecule has 0 saturated heterocycles. The maximum Gasteiger partial charge on any atom is 0.166 e. The molecule has 320 valence electrons. The molecule has 0 saturated carbocycles. The van der Waals surface area contributed by atoms with Crippen LogP contribution < -0.4 is 10.4 Å². The highest BCUT2D eigenvalue weighted by Gasteiger charge is 2.23. The Kier molecular flexibility index (Phi) is 8.78. The number of allylic oxidation sites excluding steroid dienone is 2. The van der Waals surface area contributed by atoms with E-state index in [4.69, 9.17) is 39.9 Å². The first-order valence-electron chi connectivity index (χ1n) is 23.1. The molecule has 1 aliphatic carbocycles. The van der Waals surface area contributed by atoms with Gasteiger partial charge in [-0.1, -0.05) is 140 Å². The van der Waals surface area contributed by atoms with Crippen LogP contribution in [-0.2, 0) is 0 Å². The second-order valence-electron chi connectivity index (χ2n) is 17.4. The molecule has 69 heavy (non-hydrogen) atoms. The Morgan fingerprint density at radius 1 is 0.348 bits per heavy atom. The first-order chi connectivity index (χ1) is 34.2. The largest absolute Gasteiger partial charge is 0.256 e. The van der Waals surface area contributed by atoms with Gasteiger partial charge in [-0.15, -0.1) is 0 Å². The van der Waals surface area contributed by atoms with Crippen LogP contribution in [0.15, 0.2) is 195 Å². The van der Waals surface area contributed by atoms with E-state index in [1.807, 2.05) is 61.1 Å². The van der Waals surface area contributed by atoms with Gasteiger partial charge in [-0.05, 0) is 97.7 Å². The summed E-state index contributed by atoms with van der Waals surface area (Å²) in [5, 5.41) is 11.9. The monoisotopic (exact) mass is 880 g/mol. The van der Waals surface area contributed by atoms with E-state index in [1.54, 1.807) is 0 Å². The summed E-state index contributed by atoms with van der Waals surface area (Å²) in [4.78, 5) is 41.4. The molecule has 8 heteroatoms. The average molecular weight is 881 g/mol. The van der Waals surface area contributed by atoms with Gasteiger partial charge in [0.25, 0.3) is 0 Å². The fraction of sp³-hybridized carbons (Fsp3) is 0.0164. The molecule has 13 aromatic rings. The van der Waals surface area contributed by atoms with Gasteiger partial charge in [0.05, 0.1) is 27.9 Å². The summed E-state index contributed by atoms with van der Waals surface area (Å²) in [6.45, 7) is 0. The lowest BCUT2D eigenvalue weighted by Crippen LogP contribution is -2.26. The van der Waals surface area contributed by atoms with E-state index in [-0.39, 0.29) is 0 Å². The highest BCUT2D eigenvalue weighted by Crippen LogP contribution is 2.44. The summed E-state index contributed by atoms with van der Waals surface area (Å²) in [6.07, 6.45) is 15.1. The molecule has 14 rings (SSSR count). The maximum absolute atomic E-state index is 5.49. The highest BCUT2D eigenvalue weighted by molar-refractivity contribution is 6.28. The van der Waals surface area contributed by atoms with Gasteiger partial charge < -0.3 is 0 Å². The van der Waals surface area contributed by atoms with Crippen LogP contribution in [0.4, 0.5) is 0 Å². The summed E-state index contributed by atoms with van der Waals surface area (Å²) in [7, 11) is 0. The van der Waals surface area contributed by atoms with Gasteiger partial charge in [-0.3, -0.25) is 15.0 Å². The van der Waals surface area contributed by atoms with Crippen molar-refractivity contribution in [2.24, 2.45) is 0 Å². The first kappa shape index (κ1) is 38.8. The molecule has 0 N–H and O–H groups in total. The molecule has 0 amide bonds. The fourth-order valence-electron chi connectivity index (χ4n) is 10.3. The Bertz CT molecular complexity index is 4310. The molecule has 0 unspecified atom stereocenters. The predicted molar refractivity (Wildman–Crippen MR) is 280 cm³/mol. The topological polar surface area (TPSA) is 103 Å². The normalized spacial score (nSPS) is 12.5. The summed E-state index contributed by atoms with van der Waals surface area (Å²) in [5.74, 6) is 2.24. The third kappa shape index (κ3) is 6.38. The van der Waals surface area contributed by atoms with E-state index in [0.717, 1.165) is 127 Å².